The fraction of sp³-hybridized carbons (Fsp3) is 0.316. The van der Waals surface area contributed by atoms with Crippen LogP contribution in [0.4, 0.5) is 4.39 Å². The van der Waals surface area contributed by atoms with Crippen molar-refractivity contribution < 1.29 is 56.5 Å². The lowest BCUT2D eigenvalue weighted by Gasteiger charge is -2.32. The zero-order valence-electron chi connectivity index (χ0n) is 19.4. The molecule has 0 aliphatic carbocycles. The highest BCUT2D eigenvalue weighted by Crippen LogP contribution is 2.58. The van der Waals surface area contributed by atoms with E-state index in [4.69, 9.17) is 19.0 Å². The molecule has 1 aliphatic heterocycles. The molecule has 0 bridgehead atoms. The zero-order valence-corrected chi connectivity index (χ0v) is 21.2. The summed E-state index contributed by atoms with van der Waals surface area (Å²) in [7, 11) is -10.8. The van der Waals surface area contributed by atoms with Crippen LogP contribution in [0.1, 0.15) is 19.5 Å². The second-order valence-electron chi connectivity index (χ2n) is 8.49. The first kappa shape index (κ1) is 27.9. The highest BCUT2D eigenvalue weighted by molar-refractivity contribution is 7.60. The summed E-state index contributed by atoms with van der Waals surface area (Å²) in [6, 6.07) is 4.49. The predicted octanol–water partition coefficient (Wildman–Crippen LogP) is 1.35. The van der Waals surface area contributed by atoms with Gasteiger partial charge in [0.15, 0.2) is 22.7 Å². The number of fused-ring (bicyclic) bond motifs is 1. The van der Waals surface area contributed by atoms with Gasteiger partial charge in [0, 0.05) is 23.7 Å². The average molecular weight is 579 g/mol. The van der Waals surface area contributed by atoms with Gasteiger partial charge >= 0.3 is 21.3 Å². The smallest absolute Gasteiger partial charge is 0.481 e. The molecule has 0 amide bonds. The summed E-state index contributed by atoms with van der Waals surface area (Å²) >= 11 is 0. The van der Waals surface area contributed by atoms with Crippen molar-refractivity contribution >= 4 is 26.6 Å². The van der Waals surface area contributed by atoms with E-state index in [1.807, 2.05) is 0 Å². The van der Waals surface area contributed by atoms with Crippen molar-refractivity contribution in [3.05, 3.63) is 74.3 Å². The number of aliphatic hydroxyl groups is 2. The van der Waals surface area contributed by atoms with Crippen molar-refractivity contribution in [3.63, 3.8) is 0 Å². The van der Waals surface area contributed by atoms with Gasteiger partial charge in [-0.3, -0.25) is 18.5 Å². The summed E-state index contributed by atoms with van der Waals surface area (Å²) < 4.78 is 56.5. The first-order chi connectivity index (χ1) is 17.5. The second-order valence-corrected chi connectivity index (χ2v) is 11.3. The third-order valence-corrected chi connectivity index (χ3v) is 7.78. The summed E-state index contributed by atoms with van der Waals surface area (Å²) in [5.41, 5.74) is -6.00. The molecule has 5 N–H and O–H groups in total. The second kappa shape index (κ2) is 9.25. The molecule has 0 saturated heterocycles. The predicted molar refractivity (Wildman–Crippen MR) is 122 cm³/mol. The molecule has 3 aromatic rings. The number of hydrogen-bond donors (Lipinski definition) is 5. The summed E-state index contributed by atoms with van der Waals surface area (Å²) in [5, 5.41) is 25.3. The number of ether oxygens (including phenoxy) is 1. The van der Waals surface area contributed by atoms with Gasteiger partial charge in [-0.2, -0.15) is 4.31 Å². The molecule has 19 heteroatoms. The Morgan fingerprint density at radius 2 is 1.79 bits per heavy atom. The number of benzene rings is 1. The summed E-state index contributed by atoms with van der Waals surface area (Å²) in [5.74, 6) is -2.49. The number of halogens is 1. The van der Waals surface area contributed by atoms with E-state index in [1.54, 1.807) is 0 Å². The van der Waals surface area contributed by atoms with Gasteiger partial charge < -0.3 is 34.2 Å². The van der Waals surface area contributed by atoms with Crippen LogP contribution in [0.2, 0.25) is 0 Å². The van der Waals surface area contributed by atoms with E-state index in [9.17, 15) is 38.2 Å². The highest BCUT2D eigenvalue weighted by atomic mass is 31.3. The fourth-order valence-electron chi connectivity index (χ4n) is 3.84. The fourth-order valence-corrected chi connectivity index (χ4v) is 5.52. The van der Waals surface area contributed by atoms with Crippen molar-refractivity contribution in [3.8, 4) is 0 Å². The first-order valence-electron chi connectivity index (χ1n) is 10.4. The van der Waals surface area contributed by atoms with Gasteiger partial charge in [-0.05, 0) is 26.0 Å². The Hall–Kier alpha value is -3.14. The number of nitrogens with zero attached hydrogens (tertiary/aromatic N) is 3. The Bertz CT molecular complexity index is 1670. The van der Waals surface area contributed by atoms with E-state index in [-0.39, 0.29) is 11.3 Å². The minimum absolute atomic E-state index is 0.0700. The minimum Gasteiger partial charge on any atom is -0.506 e. The SMILES string of the molecule is CC1(COP(=O)(O)OP(=O)(O)O)OC(C)(n2ccc(=O)n(Cc3noc4cc(F)ccc34)c2=O)C(O)=C1O. The van der Waals surface area contributed by atoms with Gasteiger partial charge in [0.05, 0.1) is 13.2 Å². The Labute approximate surface area is 210 Å². The van der Waals surface area contributed by atoms with E-state index < -0.39 is 68.7 Å². The van der Waals surface area contributed by atoms with E-state index >= 15 is 0 Å². The lowest BCUT2D eigenvalue weighted by Crippen LogP contribution is -2.49. The summed E-state index contributed by atoms with van der Waals surface area (Å²) in [6.45, 7) is 0.682. The van der Waals surface area contributed by atoms with Gasteiger partial charge in [0.25, 0.3) is 5.56 Å². The van der Waals surface area contributed by atoms with Gasteiger partial charge in [-0.25, -0.2) is 18.3 Å². The molecule has 0 radical (unpaired) electrons. The van der Waals surface area contributed by atoms with Crippen molar-refractivity contribution in [1.29, 1.82) is 0 Å². The van der Waals surface area contributed by atoms with E-state index in [0.29, 0.717) is 9.95 Å². The number of aromatic nitrogens is 3. The Morgan fingerprint density at radius 1 is 1.11 bits per heavy atom. The van der Waals surface area contributed by atoms with Crippen molar-refractivity contribution in [1.82, 2.24) is 14.3 Å². The van der Waals surface area contributed by atoms with Gasteiger partial charge in [0.2, 0.25) is 5.72 Å². The van der Waals surface area contributed by atoms with Crippen LogP contribution < -0.4 is 11.2 Å². The molecule has 1 aromatic carbocycles. The summed E-state index contributed by atoms with van der Waals surface area (Å²) in [4.78, 5) is 52.8. The Balaban J connectivity index is 1.68. The third kappa shape index (κ3) is 5.10. The molecular formula is C19H20FN3O13P2. The van der Waals surface area contributed by atoms with Gasteiger partial charge in [-0.1, -0.05) is 5.16 Å². The van der Waals surface area contributed by atoms with Crippen LogP contribution in [0.25, 0.3) is 11.0 Å². The molecule has 4 rings (SSSR count). The lowest BCUT2D eigenvalue weighted by molar-refractivity contribution is -0.156. The molecule has 3 atom stereocenters. The summed E-state index contributed by atoms with van der Waals surface area (Å²) in [6.07, 6.45) is 0.960. The van der Waals surface area contributed by atoms with Crippen LogP contribution >= 0.6 is 15.6 Å². The normalized spacial score (nSPS) is 23.7. The van der Waals surface area contributed by atoms with E-state index in [2.05, 4.69) is 14.0 Å². The quantitative estimate of drug-likeness (QED) is 0.237. The number of phosphoric ester groups is 1. The van der Waals surface area contributed by atoms with Crippen LogP contribution in [0.5, 0.6) is 0 Å². The lowest BCUT2D eigenvalue weighted by atomic mass is 10.1. The van der Waals surface area contributed by atoms with Crippen molar-refractivity contribution in [2.24, 2.45) is 0 Å². The van der Waals surface area contributed by atoms with E-state index in [0.717, 1.165) is 42.8 Å². The molecule has 2 aromatic heterocycles. The van der Waals surface area contributed by atoms with Crippen LogP contribution in [-0.4, -0.2) is 51.4 Å². The maximum Gasteiger partial charge on any atom is 0.481 e. The maximum atomic E-state index is 13.5. The highest BCUT2D eigenvalue weighted by Gasteiger charge is 2.55. The molecular weight excluding hydrogens is 559 g/mol. The van der Waals surface area contributed by atoms with Gasteiger partial charge in [0.1, 0.15) is 11.5 Å². The van der Waals surface area contributed by atoms with Crippen LogP contribution in [0.3, 0.4) is 0 Å². The molecule has 0 fully saturated rings. The van der Waals surface area contributed by atoms with Crippen LogP contribution in [0.15, 0.2) is 56.1 Å². The van der Waals surface area contributed by atoms with Crippen LogP contribution in [0, 0.1) is 5.82 Å². The molecule has 3 unspecified atom stereocenters. The number of phosphoric acid groups is 2. The zero-order chi connectivity index (χ0) is 28.3. The molecule has 0 spiro atoms. The maximum absolute atomic E-state index is 13.5. The average Bonchev–Trinajstić information content (AvgIpc) is 3.26. The van der Waals surface area contributed by atoms with Gasteiger partial charge in [-0.15, -0.1) is 0 Å². The van der Waals surface area contributed by atoms with Crippen molar-refractivity contribution in [2.75, 3.05) is 6.61 Å². The molecule has 38 heavy (non-hydrogen) atoms. The molecule has 0 saturated carbocycles. The molecule has 16 nitrogen and oxygen atoms in total. The topological polar surface area (TPSA) is 233 Å². The van der Waals surface area contributed by atoms with E-state index in [1.165, 1.54) is 6.07 Å². The number of rotatable bonds is 8. The van der Waals surface area contributed by atoms with Crippen molar-refractivity contribution in [2.45, 2.75) is 31.7 Å². The molecule has 206 valence electrons. The van der Waals surface area contributed by atoms with Crippen LogP contribution in [-0.2, 0) is 35.0 Å². The first-order valence-corrected chi connectivity index (χ1v) is 13.4. The Kier molecular flexibility index (Phi) is 6.79. The third-order valence-electron chi connectivity index (χ3n) is 5.65. The monoisotopic (exact) mass is 579 g/mol. The Morgan fingerprint density at radius 3 is 2.45 bits per heavy atom. The standard InChI is InChI=1S/C19H20FN3O13P2/c1-18(9-33-38(31,32)36-37(28,29)30)15(25)16(26)19(2,35-18)23-6-5-14(24)22(17(23)27)8-12-11-4-3-10(20)7-13(11)34-21-12/h3-7,25-26H,8-9H2,1-2H3,(H,31,32)(H2,28,29,30). The minimum atomic E-state index is -5.44. The molecule has 3 heterocycles. The largest absolute Gasteiger partial charge is 0.506 e. The number of hydrogen-bond acceptors (Lipinski definition) is 11. The number of aliphatic hydroxyl groups excluding tert-OH is 2. The molecule has 1 aliphatic rings.